The van der Waals surface area contributed by atoms with Crippen LogP contribution in [0.5, 0.6) is 0 Å². The lowest BCUT2D eigenvalue weighted by atomic mass is 10.2. The Balaban J connectivity index is 2.23. The number of aliphatic hydroxyl groups is 1. The molecule has 5 nitrogen and oxygen atoms in total. The third-order valence-corrected chi connectivity index (χ3v) is 5.67. The van der Waals surface area contributed by atoms with Crippen LogP contribution in [0.3, 0.4) is 0 Å². The zero-order chi connectivity index (χ0) is 17.7. The molecule has 0 aliphatic rings. The summed E-state index contributed by atoms with van der Waals surface area (Å²) in [6.07, 6.45) is 0. The Bertz CT molecular complexity index is 820. The fourth-order valence-corrected chi connectivity index (χ4v) is 3.38. The number of anilines is 1. The summed E-state index contributed by atoms with van der Waals surface area (Å²) in [6, 6.07) is 11.7. The predicted octanol–water partition coefficient (Wildman–Crippen LogP) is 1.99. The van der Waals surface area contributed by atoms with Crippen LogP contribution < -0.4 is 5.32 Å². The average molecular weight is 350 g/mol. The van der Waals surface area contributed by atoms with E-state index in [1.165, 1.54) is 34.6 Å². The van der Waals surface area contributed by atoms with Crippen LogP contribution in [0.15, 0.2) is 53.4 Å². The van der Waals surface area contributed by atoms with Crippen molar-refractivity contribution in [3.05, 3.63) is 59.9 Å². The molecular formula is C17H19FN2O3S. The molecule has 0 aliphatic carbocycles. The molecule has 2 aromatic rings. The molecule has 7 heteroatoms. The van der Waals surface area contributed by atoms with Gasteiger partial charge < -0.3 is 10.4 Å². The van der Waals surface area contributed by atoms with E-state index in [0.29, 0.717) is 16.1 Å². The summed E-state index contributed by atoms with van der Waals surface area (Å²) in [7, 11) is -1.20. The number of hydrogen-bond acceptors (Lipinski definition) is 3. The average Bonchev–Trinajstić information content (AvgIpc) is 2.57. The number of carbonyl (C=O) groups excluding carboxylic acids is 1. The van der Waals surface area contributed by atoms with Crippen LogP contribution in [0.4, 0.5) is 10.1 Å². The van der Waals surface area contributed by atoms with Crippen molar-refractivity contribution in [2.45, 2.75) is 4.90 Å². The van der Waals surface area contributed by atoms with Crippen molar-refractivity contribution in [3.8, 4) is 0 Å². The number of hydrogen-bond donors (Lipinski definition) is 2. The van der Waals surface area contributed by atoms with E-state index >= 15 is 0 Å². The zero-order valence-corrected chi connectivity index (χ0v) is 14.1. The zero-order valence-electron chi connectivity index (χ0n) is 13.2. The molecule has 0 saturated heterocycles. The highest BCUT2D eigenvalue weighted by Gasteiger charge is 2.16. The van der Waals surface area contributed by atoms with Crippen molar-refractivity contribution >= 4 is 27.2 Å². The quantitative estimate of drug-likeness (QED) is 0.783. The lowest BCUT2D eigenvalue weighted by Gasteiger charge is -2.21. The Morgan fingerprint density at radius 1 is 1.29 bits per heavy atom. The topological polar surface area (TPSA) is 69.6 Å². The fraction of sp³-hybridized carbons (Fsp3) is 0.176. The number of likely N-dealkylation sites (N-methyl/N-ethyl adjacent to an activating group) is 1. The van der Waals surface area contributed by atoms with E-state index in [2.05, 4.69) is 11.2 Å². The molecule has 0 bridgehead atoms. The van der Waals surface area contributed by atoms with Gasteiger partial charge in [-0.2, -0.15) is 0 Å². The Hall–Kier alpha value is -2.22. The number of amides is 1. The van der Waals surface area contributed by atoms with Crippen LogP contribution in [0.25, 0.3) is 0 Å². The number of carbonyl (C=O) groups is 1. The largest absolute Gasteiger partial charge is 0.395 e. The van der Waals surface area contributed by atoms with Crippen molar-refractivity contribution in [2.75, 3.05) is 25.5 Å². The van der Waals surface area contributed by atoms with Gasteiger partial charge in [0.05, 0.1) is 16.3 Å². The fourth-order valence-electron chi connectivity index (χ4n) is 2.04. The van der Waals surface area contributed by atoms with Crippen LogP contribution in [0.1, 0.15) is 10.4 Å². The Labute approximate surface area is 140 Å². The molecular weight excluding hydrogens is 331 g/mol. The third kappa shape index (κ3) is 4.19. The van der Waals surface area contributed by atoms with Gasteiger partial charge in [0, 0.05) is 22.7 Å². The van der Waals surface area contributed by atoms with Crippen molar-refractivity contribution < 1.29 is 18.5 Å². The number of nitrogens with zero attached hydrogens (tertiary/aromatic N) is 1. The number of nitrogens with one attached hydrogen (secondary N) is 1. The molecule has 2 aromatic carbocycles. The molecule has 0 aromatic heterocycles. The van der Waals surface area contributed by atoms with Gasteiger partial charge in [0.2, 0.25) is 0 Å². The smallest absolute Gasteiger partial charge is 0.255 e. The van der Waals surface area contributed by atoms with Crippen LogP contribution in [0.2, 0.25) is 0 Å². The van der Waals surface area contributed by atoms with E-state index in [-0.39, 0.29) is 13.2 Å². The monoisotopic (exact) mass is 350 g/mol. The number of aliphatic hydroxyl groups excluding tert-OH is 1. The van der Waals surface area contributed by atoms with Crippen LogP contribution in [-0.4, -0.2) is 45.6 Å². The van der Waals surface area contributed by atoms with Crippen molar-refractivity contribution in [1.29, 1.82) is 0 Å². The summed E-state index contributed by atoms with van der Waals surface area (Å²) >= 11 is 0. The van der Waals surface area contributed by atoms with Gasteiger partial charge in [0.25, 0.3) is 5.91 Å². The summed E-state index contributed by atoms with van der Waals surface area (Å²) in [4.78, 5) is 12.7. The number of benzene rings is 2. The second kappa shape index (κ2) is 7.57. The Morgan fingerprint density at radius 2 is 1.96 bits per heavy atom. The van der Waals surface area contributed by atoms with Gasteiger partial charge in [0.1, 0.15) is 5.82 Å². The Kier molecular flexibility index (Phi) is 5.71. The highest BCUT2D eigenvalue weighted by Crippen LogP contribution is 2.17. The molecule has 0 aliphatic heterocycles. The second-order valence-electron chi connectivity index (χ2n) is 5.20. The first-order chi connectivity index (χ1) is 11.3. The van der Waals surface area contributed by atoms with Gasteiger partial charge in [-0.25, -0.2) is 12.9 Å². The maximum atomic E-state index is 12.9. The van der Waals surface area contributed by atoms with Crippen molar-refractivity contribution in [2.24, 2.45) is 0 Å². The first-order valence-corrected chi connectivity index (χ1v) is 8.89. The minimum absolute atomic E-state index is 0.145. The first kappa shape index (κ1) is 18.1. The summed E-state index contributed by atoms with van der Waals surface area (Å²) < 4.78 is 27.1. The SMILES string of the molecule is C=S(=O)(c1cccc(C(=O)Nc2ccc(F)cc2)c1)N(C)CCO. The van der Waals surface area contributed by atoms with E-state index < -0.39 is 21.4 Å². The molecule has 1 unspecified atom stereocenters. The van der Waals surface area contributed by atoms with Gasteiger partial charge in [-0.05, 0) is 55.4 Å². The van der Waals surface area contributed by atoms with Crippen LogP contribution in [-0.2, 0) is 9.71 Å². The lowest BCUT2D eigenvalue weighted by Crippen LogP contribution is -2.29. The summed E-state index contributed by atoms with van der Waals surface area (Å²) in [6.45, 7) is 0.0576. The highest BCUT2D eigenvalue weighted by atomic mass is 32.2. The number of halogens is 1. The summed E-state index contributed by atoms with van der Waals surface area (Å²) in [5, 5.41) is 11.6. The Morgan fingerprint density at radius 3 is 2.58 bits per heavy atom. The minimum atomic E-state index is -2.79. The van der Waals surface area contributed by atoms with E-state index in [0.717, 1.165) is 0 Å². The maximum Gasteiger partial charge on any atom is 0.255 e. The van der Waals surface area contributed by atoms with E-state index in [1.54, 1.807) is 25.2 Å². The molecule has 1 amide bonds. The highest BCUT2D eigenvalue weighted by molar-refractivity contribution is 7.98. The molecule has 128 valence electrons. The van der Waals surface area contributed by atoms with Gasteiger partial charge in [-0.15, -0.1) is 0 Å². The molecule has 2 N–H and O–H groups in total. The molecule has 1 atom stereocenters. The summed E-state index contributed by atoms with van der Waals surface area (Å²) in [5.74, 6) is 2.93. The standard InChI is InChI=1S/C17H19FN2O3S/c1-20(10-11-21)24(2,23)16-5-3-4-13(12-16)17(22)19-15-8-6-14(18)7-9-15/h3-9,12,21H,2,10-11H2,1H3,(H,19,22). The van der Waals surface area contributed by atoms with Crippen LogP contribution >= 0.6 is 0 Å². The maximum absolute atomic E-state index is 12.9. The molecule has 0 fully saturated rings. The van der Waals surface area contributed by atoms with E-state index in [9.17, 15) is 13.4 Å². The van der Waals surface area contributed by atoms with Crippen molar-refractivity contribution in [3.63, 3.8) is 0 Å². The lowest BCUT2D eigenvalue weighted by molar-refractivity contribution is 0.102. The van der Waals surface area contributed by atoms with E-state index in [4.69, 9.17) is 5.11 Å². The van der Waals surface area contributed by atoms with Crippen LogP contribution in [0, 0.1) is 5.82 Å². The molecule has 0 heterocycles. The second-order valence-corrected chi connectivity index (χ2v) is 7.58. The minimum Gasteiger partial charge on any atom is -0.395 e. The molecule has 0 spiro atoms. The van der Waals surface area contributed by atoms with Gasteiger partial charge >= 0.3 is 0 Å². The van der Waals surface area contributed by atoms with Crippen molar-refractivity contribution in [1.82, 2.24) is 4.31 Å². The predicted molar refractivity (Wildman–Crippen MR) is 94.0 cm³/mol. The van der Waals surface area contributed by atoms with Gasteiger partial charge in [-0.3, -0.25) is 4.79 Å². The summed E-state index contributed by atoms with van der Waals surface area (Å²) in [5.41, 5.74) is 0.769. The molecule has 0 saturated carbocycles. The normalized spacial score (nSPS) is 13.5. The third-order valence-electron chi connectivity index (χ3n) is 3.48. The van der Waals surface area contributed by atoms with Gasteiger partial charge in [0.15, 0.2) is 0 Å². The molecule has 2 rings (SSSR count). The van der Waals surface area contributed by atoms with Gasteiger partial charge in [-0.1, -0.05) is 6.07 Å². The molecule has 24 heavy (non-hydrogen) atoms. The first-order valence-electron chi connectivity index (χ1n) is 7.21. The van der Waals surface area contributed by atoms with E-state index in [1.807, 2.05) is 0 Å². The number of rotatable bonds is 6. The molecule has 0 radical (unpaired) electrons.